The zero-order chi connectivity index (χ0) is 15.2. The fourth-order valence-electron chi connectivity index (χ4n) is 1.79. The minimum Gasteiger partial charge on any atom is -0.317 e. The summed E-state index contributed by atoms with van der Waals surface area (Å²) in [6.07, 6.45) is 5.60. The molecule has 0 aromatic carbocycles. The van der Waals surface area contributed by atoms with Gasteiger partial charge in [-0.1, -0.05) is 53.9 Å². The molecule has 0 bridgehead atoms. The lowest BCUT2D eigenvalue weighted by atomic mass is 10.5. The van der Waals surface area contributed by atoms with Gasteiger partial charge in [-0.05, 0) is 36.4 Å². The van der Waals surface area contributed by atoms with Gasteiger partial charge in [0.15, 0.2) is 0 Å². The van der Waals surface area contributed by atoms with Gasteiger partial charge in [0.25, 0.3) is 0 Å². The zero-order valence-electron chi connectivity index (χ0n) is 11.6. The molecule has 0 atom stereocenters. The maximum absolute atomic E-state index is 5.46. The quantitative estimate of drug-likeness (QED) is 0.368. The topological polar surface area (TPSA) is 30.7 Å². The summed E-state index contributed by atoms with van der Waals surface area (Å²) in [5.41, 5.74) is 0. The van der Waals surface area contributed by atoms with Crippen molar-refractivity contribution in [1.82, 2.24) is 14.5 Å². The number of rotatable bonds is 5. The lowest BCUT2D eigenvalue weighted by Gasteiger charge is -2.19. The van der Waals surface area contributed by atoms with E-state index in [0.29, 0.717) is 0 Å². The van der Waals surface area contributed by atoms with Gasteiger partial charge in [-0.2, -0.15) is 0 Å². The molecule has 3 heterocycles. The van der Waals surface area contributed by atoms with E-state index in [9.17, 15) is 0 Å². The Morgan fingerprint density at radius 2 is 1.41 bits per heavy atom. The summed E-state index contributed by atoms with van der Waals surface area (Å²) in [5.74, 6) is 0. The van der Waals surface area contributed by atoms with Gasteiger partial charge < -0.3 is 4.57 Å². The highest BCUT2D eigenvalue weighted by atomic mass is 32.2. The SMILES string of the molecule is S=c1ccccn1C(Sc1ccccn1)Sc1ccccn1. The summed E-state index contributed by atoms with van der Waals surface area (Å²) in [7, 11) is 0. The first-order chi connectivity index (χ1) is 10.8. The second kappa shape index (κ2) is 7.58. The molecule has 0 N–H and O–H groups in total. The van der Waals surface area contributed by atoms with Crippen LogP contribution in [0.25, 0.3) is 0 Å². The Hall–Kier alpha value is -1.63. The van der Waals surface area contributed by atoms with Crippen LogP contribution in [0.4, 0.5) is 0 Å². The second-order valence-electron chi connectivity index (χ2n) is 4.32. The van der Waals surface area contributed by atoms with Gasteiger partial charge in [0.1, 0.15) is 9.35 Å². The van der Waals surface area contributed by atoms with Crippen molar-refractivity contribution in [1.29, 1.82) is 0 Å². The Bertz CT molecular complexity index is 734. The van der Waals surface area contributed by atoms with E-state index < -0.39 is 0 Å². The number of aromatic nitrogens is 3. The highest BCUT2D eigenvalue weighted by Crippen LogP contribution is 2.42. The Morgan fingerprint density at radius 1 is 0.818 bits per heavy atom. The van der Waals surface area contributed by atoms with Crippen LogP contribution in [0.2, 0.25) is 0 Å². The number of pyridine rings is 3. The molecule has 0 aliphatic rings. The van der Waals surface area contributed by atoms with Crippen LogP contribution in [0.3, 0.4) is 0 Å². The van der Waals surface area contributed by atoms with Crippen molar-refractivity contribution in [2.45, 2.75) is 14.8 Å². The van der Waals surface area contributed by atoms with Crippen LogP contribution in [0.1, 0.15) is 4.71 Å². The van der Waals surface area contributed by atoms with Gasteiger partial charge in [-0.25, -0.2) is 9.97 Å². The molecule has 0 aliphatic heterocycles. The van der Waals surface area contributed by atoms with E-state index >= 15 is 0 Å². The number of thioether (sulfide) groups is 2. The van der Waals surface area contributed by atoms with Crippen molar-refractivity contribution in [2.75, 3.05) is 0 Å². The van der Waals surface area contributed by atoms with E-state index in [2.05, 4.69) is 14.5 Å². The van der Waals surface area contributed by atoms with Crippen LogP contribution >= 0.6 is 35.7 Å². The molecule has 22 heavy (non-hydrogen) atoms. The van der Waals surface area contributed by atoms with Gasteiger partial charge >= 0.3 is 0 Å². The van der Waals surface area contributed by atoms with E-state index in [1.54, 1.807) is 35.9 Å². The van der Waals surface area contributed by atoms with Crippen molar-refractivity contribution in [3.8, 4) is 0 Å². The van der Waals surface area contributed by atoms with Gasteiger partial charge in [-0.3, -0.25) is 0 Å². The minimum atomic E-state index is 0.0403. The van der Waals surface area contributed by atoms with Crippen molar-refractivity contribution < 1.29 is 0 Å². The monoisotopic (exact) mass is 343 g/mol. The summed E-state index contributed by atoms with van der Waals surface area (Å²) < 4.78 is 2.89. The molecular weight excluding hydrogens is 330 g/mol. The van der Waals surface area contributed by atoms with Crippen LogP contribution < -0.4 is 0 Å². The van der Waals surface area contributed by atoms with Crippen molar-refractivity contribution in [2.24, 2.45) is 0 Å². The standard InChI is InChI=1S/C16H13N3S3/c20-15-9-3-6-12-19(15)16(21-13-7-1-4-10-17-13)22-14-8-2-5-11-18-14/h1-12,16H. The molecule has 0 amide bonds. The first-order valence-electron chi connectivity index (χ1n) is 6.65. The first kappa shape index (κ1) is 15.3. The third kappa shape index (κ3) is 3.97. The smallest absolute Gasteiger partial charge is 0.138 e. The van der Waals surface area contributed by atoms with Gasteiger partial charge in [-0.15, -0.1) is 0 Å². The van der Waals surface area contributed by atoms with Crippen molar-refractivity contribution in [3.63, 3.8) is 0 Å². The fourth-order valence-corrected chi connectivity index (χ4v) is 4.52. The van der Waals surface area contributed by atoms with Crippen molar-refractivity contribution in [3.05, 3.63) is 77.8 Å². The summed E-state index contributed by atoms with van der Waals surface area (Å²) in [6.45, 7) is 0. The third-order valence-corrected chi connectivity index (χ3v) is 5.54. The van der Waals surface area contributed by atoms with E-state index in [4.69, 9.17) is 12.2 Å². The number of hydrogen-bond donors (Lipinski definition) is 0. The maximum Gasteiger partial charge on any atom is 0.138 e. The molecule has 0 fully saturated rings. The largest absolute Gasteiger partial charge is 0.317 e. The van der Waals surface area contributed by atoms with E-state index in [1.807, 2.05) is 60.8 Å². The van der Waals surface area contributed by atoms with Crippen LogP contribution in [0.15, 0.2) is 83.2 Å². The predicted molar refractivity (Wildman–Crippen MR) is 94.5 cm³/mol. The normalized spacial score (nSPS) is 10.8. The first-order valence-corrected chi connectivity index (χ1v) is 8.82. The van der Waals surface area contributed by atoms with Gasteiger partial charge in [0.05, 0.1) is 10.1 Å². The van der Waals surface area contributed by atoms with Crippen LogP contribution in [-0.2, 0) is 0 Å². The summed E-state index contributed by atoms with van der Waals surface area (Å²) in [6, 6.07) is 17.7. The highest BCUT2D eigenvalue weighted by molar-refractivity contribution is 8.16. The van der Waals surface area contributed by atoms with Gasteiger partial charge in [0, 0.05) is 18.6 Å². The van der Waals surface area contributed by atoms with Gasteiger partial charge in [0.2, 0.25) is 0 Å². The lowest BCUT2D eigenvalue weighted by Crippen LogP contribution is -2.03. The predicted octanol–water partition coefficient (Wildman–Crippen LogP) is 5.05. The number of hydrogen-bond acceptors (Lipinski definition) is 5. The highest BCUT2D eigenvalue weighted by Gasteiger charge is 2.15. The van der Waals surface area contributed by atoms with Crippen LogP contribution in [0.5, 0.6) is 0 Å². The molecule has 0 spiro atoms. The summed E-state index contributed by atoms with van der Waals surface area (Å²) >= 11 is 8.77. The Morgan fingerprint density at radius 3 is 1.91 bits per heavy atom. The van der Waals surface area contributed by atoms with E-state index in [1.165, 1.54) is 0 Å². The molecule has 0 aliphatic carbocycles. The lowest BCUT2D eigenvalue weighted by molar-refractivity contribution is 0.840. The third-order valence-electron chi connectivity index (χ3n) is 2.80. The maximum atomic E-state index is 5.46. The molecule has 3 nitrogen and oxygen atoms in total. The number of nitrogens with zero attached hydrogens (tertiary/aromatic N) is 3. The molecule has 3 rings (SSSR count). The Kier molecular flexibility index (Phi) is 5.26. The van der Waals surface area contributed by atoms with E-state index in [0.717, 1.165) is 14.7 Å². The molecule has 6 heteroatoms. The molecular formula is C16H13N3S3. The molecule has 3 aromatic rings. The van der Waals surface area contributed by atoms with E-state index in [-0.39, 0.29) is 4.71 Å². The Labute approximate surface area is 142 Å². The minimum absolute atomic E-state index is 0.0403. The Balaban J connectivity index is 1.92. The van der Waals surface area contributed by atoms with Crippen LogP contribution in [0, 0.1) is 4.64 Å². The van der Waals surface area contributed by atoms with Crippen molar-refractivity contribution >= 4 is 35.7 Å². The van der Waals surface area contributed by atoms with Crippen LogP contribution in [-0.4, -0.2) is 14.5 Å². The fraction of sp³-hybridized carbons (Fsp3) is 0.0625. The molecule has 3 aromatic heterocycles. The average molecular weight is 344 g/mol. The zero-order valence-corrected chi connectivity index (χ0v) is 14.0. The molecule has 0 saturated heterocycles. The molecule has 0 radical (unpaired) electrons. The molecule has 0 saturated carbocycles. The molecule has 110 valence electrons. The second-order valence-corrected chi connectivity index (χ2v) is 7.24. The average Bonchev–Trinajstić information content (AvgIpc) is 2.57. The molecule has 0 unspecified atom stereocenters. The summed E-state index contributed by atoms with van der Waals surface area (Å²) in [5, 5.41) is 1.92. The summed E-state index contributed by atoms with van der Waals surface area (Å²) in [4.78, 5) is 8.79.